The zero-order valence-corrected chi connectivity index (χ0v) is 23.9. The van der Waals surface area contributed by atoms with Crippen LogP contribution in [0.5, 0.6) is 5.75 Å². The SMILES string of the molecule is COc1ccc(N2C(=S)N[C@H](c3ccccn3)[C@H]2c2cc(C)n(-c3cc(C)cc(C)c3)c2C)cc1NC(C)=O. The van der Waals surface area contributed by atoms with Crippen LogP contribution < -0.4 is 20.3 Å². The summed E-state index contributed by atoms with van der Waals surface area (Å²) in [4.78, 5) is 18.7. The van der Waals surface area contributed by atoms with E-state index in [0.29, 0.717) is 16.5 Å². The molecule has 0 unspecified atom stereocenters. The largest absolute Gasteiger partial charge is 0.495 e. The molecule has 2 aromatic heterocycles. The van der Waals surface area contributed by atoms with Crippen molar-refractivity contribution in [1.29, 1.82) is 0 Å². The van der Waals surface area contributed by atoms with E-state index < -0.39 is 0 Å². The van der Waals surface area contributed by atoms with Crippen LogP contribution in [0.2, 0.25) is 0 Å². The predicted molar refractivity (Wildman–Crippen MR) is 160 cm³/mol. The first-order valence-electron chi connectivity index (χ1n) is 12.9. The Hall–Kier alpha value is -4.17. The van der Waals surface area contributed by atoms with Crippen molar-refractivity contribution in [3.63, 3.8) is 0 Å². The summed E-state index contributed by atoms with van der Waals surface area (Å²) in [6, 6.07) is 20.2. The third-order valence-corrected chi connectivity index (χ3v) is 7.44. The fourth-order valence-corrected chi connectivity index (χ4v) is 5.99. The lowest BCUT2D eigenvalue weighted by molar-refractivity contribution is -0.114. The van der Waals surface area contributed by atoms with Crippen molar-refractivity contribution in [2.45, 2.75) is 46.7 Å². The minimum absolute atomic E-state index is 0.174. The first-order valence-corrected chi connectivity index (χ1v) is 13.3. The molecule has 8 heteroatoms. The van der Waals surface area contributed by atoms with Gasteiger partial charge in [0.1, 0.15) is 5.75 Å². The number of rotatable bonds is 6. The van der Waals surface area contributed by atoms with Crippen molar-refractivity contribution < 1.29 is 9.53 Å². The topological polar surface area (TPSA) is 71.4 Å². The standard InChI is InChI=1S/C31H33N5O2S/c1-18-13-19(2)15-24(14-18)35-20(3)16-25(21(35)4)30-29(26-9-7-8-12-32-26)34-31(39)36(30)23-10-11-28(38-6)27(17-23)33-22(5)37/h7-17,29-30H,1-6H3,(H,33,37)(H,34,39)/t29-,30-/m1/s1. The summed E-state index contributed by atoms with van der Waals surface area (Å²) in [6.07, 6.45) is 1.81. The van der Waals surface area contributed by atoms with E-state index in [4.69, 9.17) is 21.9 Å². The fraction of sp³-hybridized carbons (Fsp3) is 0.258. The molecule has 7 nitrogen and oxygen atoms in total. The number of amides is 1. The molecule has 39 heavy (non-hydrogen) atoms. The van der Waals surface area contributed by atoms with E-state index in [1.165, 1.54) is 18.1 Å². The van der Waals surface area contributed by atoms with Crippen molar-refractivity contribution in [2.24, 2.45) is 0 Å². The third kappa shape index (κ3) is 5.00. The molecule has 0 spiro atoms. The first kappa shape index (κ1) is 26.4. The minimum atomic E-state index is -0.183. The molecule has 4 aromatic rings. The second-order valence-corrected chi connectivity index (χ2v) is 10.5. The maximum Gasteiger partial charge on any atom is 0.221 e. The Morgan fingerprint density at radius 3 is 2.38 bits per heavy atom. The molecule has 200 valence electrons. The highest BCUT2D eigenvalue weighted by Gasteiger charge is 2.42. The Morgan fingerprint density at radius 1 is 1.00 bits per heavy atom. The summed E-state index contributed by atoms with van der Waals surface area (Å²) < 4.78 is 7.81. The summed E-state index contributed by atoms with van der Waals surface area (Å²) in [5, 5.41) is 7.01. The average molecular weight is 540 g/mol. The highest BCUT2D eigenvalue weighted by Crippen LogP contribution is 2.45. The number of nitrogens with one attached hydrogen (secondary N) is 2. The van der Waals surface area contributed by atoms with Gasteiger partial charge in [0.2, 0.25) is 5.91 Å². The molecule has 1 amide bonds. The number of anilines is 2. The van der Waals surface area contributed by atoms with Gasteiger partial charge in [0, 0.05) is 35.9 Å². The Balaban J connectivity index is 1.69. The van der Waals surface area contributed by atoms with Gasteiger partial charge < -0.3 is 24.8 Å². The Morgan fingerprint density at radius 2 is 1.74 bits per heavy atom. The minimum Gasteiger partial charge on any atom is -0.495 e. The quantitative estimate of drug-likeness (QED) is 0.282. The molecule has 2 aromatic carbocycles. The predicted octanol–water partition coefficient (Wildman–Crippen LogP) is 6.25. The van der Waals surface area contributed by atoms with E-state index in [2.05, 4.69) is 72.1 Å². The van der Waals surface area contributed by atoms with E-state index in [1.807, 2.05) is 36.4 Å². The zero-order valence-electron chi connectivity index (χ0n) is 23.1. The van der Waals surface area contributed by atoms with Crippen LogP contribution >= 0.6 is 12.2 Å². The van der Waals surface area contributed by atoms with Crippen molar-refractivity contribution in [3.05, 3.63) is 101 Å². The first-order chi connectivity index (χ1) is 18.7. The average Bonchev–Trinajstić information content (AvgIpc) is 3.38. The smallest absolute Gasteiger partial charge is 0.221 e. The molecule has 1 aliphatic rings. The number of benzene rings is 2. The molecule has 5 rings (SSSR count). The number of aromatic nitrogens is 2. The Labute approximate surface area is 234 Å². The molecule has 1 aliphatic heterocycles. The molecular weight excluding hydrogens is 506 g/mol. The van der Waals surface area contributed by atoms with E-state index in [-0.39, 0.29) is 18.0 Å². The van der Waals surface area contributed by atoms with Gasteiger partial charge in [-0.1, -0.05) is 12.1 Å². The van der Waals surface area contributed by atoms with Crippen LogP contribution in [0.15, 0.2) is 66.9 Å². The van der Waals surface area contributed by atoms with Gasteiger partial charge in [0.15, 0.2) is 5.11 Å². The maximum absolute atomic E-state index is 11.9. The van der Waals surface area contributed by atoms with Crippen LogP contribution in [-0.2, 0) is 4.79 Å². The second kappa shape index (κ2) is 10.5. The van der Waals surface area contributed by atoms with Crippen molar-refractivity contribution >= 4 is 34.6 Å². The van der Waals surface area contributed by atoms with Crippen molar-refractivity contribution in [3.8, 4) is 11.4 Å². The normalized spacial score (nSPS) is 16.8. The number of carbonyl (C=O) groups excluding carboxylic acids is 1. The summed E-state index contributed by atoms with van der Waals surface area (Å²) in [7, 11) is 1.59. The van der Waals surface area contributed by atoms with Crippen LogP contribution in [0.4, 0.5) is 11.4 Å². The number of hydrogen-bond acceptors (Lipinski definition) is 4. The number of carbonyl (C=O) groups is 1. The lowest BCUT2D eigenvalue weighted by Crippen LogP contribution is -2.29. The molecule has 0 radical (unpaired) electrons. The number of hydrogen-bond donors (Lipinski definition) is 2. The molecule has 1 fully saturated rings. The van der Waals surface area contributed by atoms with E-state index in [9.17, 15) is 4.79 Å². The van der Waals surface area contributed by atoms with Gasteiger partial charge in [-0.15, -0.1) is 0 Å². The van der Waals surface area contributed by atoms with Gasteiger partial charge in [-0.2, -0.15) is 0 Å². The Bertz CT molecular complexity index is 1540. The summed E-state index contributed by atoms with van der Waals surface area (Å²) in [5.41, 5.74) is 9.34. The van der Waals surface area contributed by atoms with Gasteiger partial charge >= 0.3 is 0 Å². The van der Waals surface area contributed by atoms with Gasteiger partial charge in [-0.05, 0) is 105 Å². The van der Waals surface area contributed by atoms with Gasteiger partial charge in [-0.25, -0.2) is 0 Å². The van der Waals surface area contributed by atoms with Gasteiger partial charge in [0.05, 0.1) is 30.6 Å². The number of thiocarbonyl (C=S) groups is 1. The highest BCUT2D eigenvalue weighted by atomic mass is 32.1. The van der Waals surface area contributed by atoms with Crippen molar-refractivity contribution in [2.75, 3.05) is 17.3 Å². The van der Waals surface area contributed by atoms with Crippen LogP contribution in [0, 0.1) is 27.7 Å². The summed E-state index contributed by atoms with van der Waals surface area (Å²) in [6.45, 7) is 10.0. The molecule has 0 bridgehead atoms. The van der Waals surface area contributed by atoms with Crippen LogP contribution in [0.1, 0.15) is 52.8 Å². The highest BCUT2D eigenvalue weighted by molar-refractivity contribution is 7.80. The second-order valence-electron chi connectivity index (χ2n) is 10.1. The summed E-state index contributed by atoms with van der Waals surface area (Å²) in [5.74, 6) is 0.408. The molecule has 1 saturated heterocycles. The van der Waals surface area contributed by atoms with Gasteiger partial charge in [0.25, 0.3) is 0 Å². The number of methoxy groups -OCH3 is 1. The zero-order chi connectivity index (χ0) is 27.8. The fourth-order valence-electron chi connectivity index (χ4n) is 5.65. The number of nitrogens with zero attached hydrogens (tertiary/aromatic N) is 3. The maximum atomic E-state index is 11.9. The molecule has 0 aliphatic carbocycles. The van der Waals surface area contributed by atoms with E-state index in [1.54, 1.807) is 13.3 Å². The Kier molecular flexibility index (Phi) is 7.14. The third-order valence-electron chi connectivity index (χ3n) is 7.12. The number of ether oxygens (including phenoxy) is 1. The molecular formula is C31H33N5O2S. The molecule has 2 atom stereocenters. The number of pyridine rings is 1. The van der Waals surface area contributed by atoms with E-state index in [0.717, 1.165) is 34.0 Å². The number of aryl methyl sites for hydroxylation is 3. The lowest BCUT2D eigenvalue weighted by Gasteiger charge is -2.29. The van der Waals surface area contributed by atoms with Crippen LogP contribution in [0.25, 0.3) is 5.69 Å². The molecule has 2 N–H and O–H groups in total. The van der Waals surface area contributed by atoms with Crippen molar-refractivity contribution in [1.82, 2.24) is 14.9 Å². The van der Waals surface area contributed by atoms with Crippen LogP contribution in [-0.4, -0.2) is 27.7 Å². The molecule has 3 heterocycles. The lowest BCUT2D eigenvalue weighted by atomic mass is 9.96. The molecule has 0 saturated carbocycles. The van der Waals surface area contributed by atoms with Gasteiger partial charge in [-0.3, -0.25) is 9.78 Å². The monoisotopic (exact) mass is 539 g/mol. The van der Waals surface area contributed by atoms with E-state index >= 15 is 0 Å². The summed E-state index contributed by atoms with van der Waals surface area (Å²) >= 11 is 5.94. The van der Waals surface area contributed by atoms with Crippen LogP contribution in [0.3, 0.4) is 0 Å².